The number of benzene rings is 6. The SMILES string of the molecule is CC(C)(C)c1cc2c(O)c(c1)Cc1cc(C(C)(C)C)cc(c1-c1cn(Cc3ccccc3)nn1)Cc1cc(C(C)(C)C)cc(c1O)Cc1cc(C(C)(C)C)cc(c1-c1cn(Cc3ccccc3)nn1)C2. The van der Waals surface area contributed by atoms with Crippen LogP contribution < -0.4 is 0 Å². The fourth-order valence-electron chi connectivity index (χ4n) is 9.88. The van der Waals surface area contributed by atoms with Crippen LogP contribution in [0.5, 0.6) is 11.5 Å². The molecule has 1 aliphatic carbocycles. The molecule has 0 amide bonds. The summed E-state index contributed by atoms with van der Waals surface area (Å²) in [5, 5.41) is 45.0. The molecule has 0 unspecified atom stereocenters. The number of phenolic OH excluding ortho intramolecular Hbond substituents is 2. The first-order valence-electron chi connectivity index (χ1n) is 24.9. The van der Waals surface area contributed by atoms with Crippen LogP contribution in [0.4, 0.5) is 0 Å². The maximum Gasteiger partial charge on any atom is 0.122 e. The van der Waals surface area contributed by atoms with Crippen molar-refractivity contribution in [3.8, 4) is 34.0 Å². The van der Waals surface area contributed by atoms with Gasteiger partial charge in [-0.15, -0.1) is 10.2 Å². The molecule has 8 heteroatoms. The Morgan fingerprint density at radius 3 is 0.900 bits per heavy atom. The first kappa shape index (κ1) is 48.2. The van der Waals surface area contributed by atoms with Crippen molar-refractivity contribution in [1.82, 2.24) is 30.0 Å². The van der Waals surface area contributed by atoms with Crippen molar-refractivity contribution in [2.24, 2.45) is 0 Å². The average Bonchev–Trinajstić information content (AvgIpc) is 3.94. The van der Waals surface area contributed by atoms with Gasteiger partial charge >= 0.3 is 0 Å². The Morgan fingerprint density at radius 2 is 0.643 bits per heavy atom. The number of fused-ring (bicyclic) bond motifs is 8. The number of aromatic hydroxyl groups is 2. The van der Waals surface area contributed by atoms with Gasteiger partial charge in [-0.05, 0) is 99.5 Å². The van der Waals surface area contributed by atoms with Gasteiger partial charge < -0.3 is 10.2 Å². The molecular formula is C62H70N6O2. The summed E-state index contributed by atoms with van der Waals surface area (Å²) in [6.45, 7) is 28.1. The molecule has 0 saturated heterocycles. The van der Waals surface area contributed by atoms with Crippen LogP contribution in [-0.2, 0) is 60.4 Å². The highest BCUT2D eigenvalue weighted by molar-refractivity contribution is 5.73. The van der Waals surface area contributed by atoms with Gasteiger partial charge in [0, 0.05) is 36.8 Å². The number of rotatable bonds is 6. The fraction of sp³-hybridized carbons (Fsp3) is 0.355. The van der Waals surface area contributed by atoms with Crippen molar-refractivity contribution in [2.45, 2.75) is 144 Å². The van der Waals surface area contributed by atoms with E-state index in [9.17, 15) is 10.2 Å². The summed E-state index contributed by atoms with van der Waals surface area (Å²) in [6.07, 6.45) is 5.91. The topological polar surface area (TPSA) is 102 Å². The summed E-state index contributed by atoms with van der Waals surface area (Å²) in [5.41, 5.74) is 17.2. The maximum absolute atomic E-state index is 12.9. The van der Waals surface area contributed by atoms with Crippen LogP contribution in [-0.4, -0.2) is 40.2 Å². The second-order valence-corrected chi connectivity index (χ2v) is 23.9. The summed E-state index contributed by atoms with van der Waals surface area (Å²) >= 11 is 0. The van der Waals surface area contributed by atoms with Crippen molar-refractivity contribution >= 4 is 0 Å². The number of aromatic nitrogens is 6. The lowest BCUT2D eigenvalue weighted by atomic mass is 9.77. The highest BCUT2D eigenvalue weighted by atomic mass is 16.3. The van der Waals surface area contributed by atoms with Crippen LogP contribution in [0.3, 0.4) is 0 Å². The molecule has 360 valence electrons. The van der Waals surface area contributed by atoms with Gasteiger partial charge in [-0.1, -0.05) is 203 Å². The Morgan fingerprint density at radius 1 is 0.386 bits per heavy atom. The van der Waals surface area contributed by atoms with Gasteiger partial charge in [-0.2, -0.15) is 0 Å². The molecule has 0 radical (unpaired) electrons. The van der Waals surface area contributed by atoms with Crippen LogP contribution in [0.1, 0.15) is 161 Å². The molecule has 0 aliphatic heterocycles. The zero-order valence-corrected chi connectivity index (χ0v) is 43.4. The van der Waals surface area contributed by atoms with Crippen molar-refractivity contribution in [2.75, 3.05) is 0 Å². The zero-order chi connectivity index (χ0) is 49.9. The minimum atomic E-state index is -0.216. The van der Waals surface area contributed by atoms with Crippen molar-refractivity contribution in [3.05, 3.63) is 199 Å². The lowest BCUT2D eigenvalue weighted by Gasteiger charge is -2.28. The molecule has 8 aromatic rings. The van der Waals surface area contributed by atoms with Gasteiger partial charge in [-0.25, -0.2) is 9.36 Å². The second-order valence-electron chi connectivity index (χ2n) is 23.9. The van der Waals surface area contributed by atoms with E-state index < -0.39 is 0 Å². The van der Waals surface area contributed by atoms with Crippen LogP contribution >= 0.6 is 0 Å². The van der Waals surface area contributed by atoms with E-state index in [1.54, 1.807) is 0 Å². The monoisotopic (exact) mass is 931 g/mol. The van der Waals surface area contributed by atoms with Crippen LogP contribution in [0.25, 0.3) is 22.5 Å². The molecule has 9 rings (SSSR count). The van der Waals surface area contributed by atoms with Crippen LogP contribution in [0.15, 0.2) is 122 Å². The van der Waals surface area contributed by atoms with Crippen LogP contribution in [0.2, 0.25) is 0 Å². The summed E-state index contributed by atoms with van der Waals surface area (Å²) in [5.74, 6) is 0.584. The molecule has 70 heavy (non-hydrogen) atoms. The summed E-state index contributed by atoms with van der Waals surface area (Å²) in [4.78, 5) is 0. The molecule has 0 fully saturated rings. The van der Waals surface area contributed by atoms with E-state index in [4.69, 9.17) is 20.6 Å². The number of phenols is 2. The lowest BCUT2D eigenvalue weighted by Crippen LogP contribution is -2.16. The molecule has 8 bridgehead atoms. The minimum absolute atomic E-state index is 0.207. The largest absolute Gasteiger partial charge is 0.507 e. The highest BCUT2D eigenvalue weighted by Gasteiger charge is 2.29. The molecular weight excluding hydrogens is 861 g/mol. The Kier molecular flexibility index (Phi) is 12.5. The normalized spacial score (nSPS) is 13.4. The number of hydrogen-bond acceptors (Lipinski definition) is 6. The van der Waals surface area contributed by atoms with Gasteiger partial charge in [-0.3, -0.25) is 0 Å². The molecule has 0 atom stereocenters. The van der Waals surface area contributed by atoms with Crippen molar-refractivity contribution in [3.63, 3.8) is 0 Å². The smallest absolute Gasteiger partial charge is 0.122 e. The zero-order valence-electron chi connectivity index (χ0n) is 43.4. The van der Waals surface area contributed by atoms with E-state index in [2.05, 4.69) is 168 Å². The lowest BCUT2D eigenvalue weighted by molar-refractivity contribution is 0.461. The fourth-order valence-corrected chi connectivity index (χ4v) is 9.88. The quantitative estimate of drug-likeness (QED) is 0.172. The summed E-state index contributed by atoms with van der Waals surface area (Å²) in [7, 11) is 0. The van der Waals surface area contributed by atoms with E-state index >= 15 is 0 Å². The molecule has 0 saturated carbocycles. The third-order valence-electron chi connectivity index (χ3n) is 14.1. The second kappa shape index (κ2) is 18.2. The summed E-state index contributed by atoms with van der Waals surface area (Å²) in [6, 6.07) is 38.7. The van der Waals surface area contributed by atoms with E-state index in [1.165, 1.54) is 11.1 Å². The van der Waals surface area contributed by atoms with Crippen molar-refractivity contribution < 1.29 is 10.2 Å². The molecule has 6 aromatic carbocycles. The third-order valence-corrected chi connectivity index (χ3v) is 14.1. The van der Waals surface area contributed by atoms with Gasteiger partial charge in [0.2, 0.25) is 0 Å². The molecule has 2 heterocycles. The van der Waals surface area contributed by atoms with Crippen LogP contribution in [0, 0.1) is 0 Å². The van der Waals surface area contributed by atoms with Gasteiger partial charge in [0.05, 0.1) is 25.5 Å². The number of hydrogen-bond donors (Lipinski definition) is 2. The Labute approximate surface area is 415 Å². The molecule has 1 aliphatic rings. The van der Waals surface area contributed by atoms with Crippen molar-refractivity contribution in [1.29, 1.82) is 0 Å². The van der Waals surface area contributed by atoms with Gasteiger partial charge in [0.25, 0.3) is 0 Å². The Balaban J connectivity index is 1.34. The van der Waals surface area contributed by atoms with Gasteiger partial charge in [0.15, 0.2) is 0 Å². The average molecular weight is 931 g/mol. The first-order valence-corrected chi connectivity index (χ1v) is 24.9. The van der Waals surface area contributed by atoms with E-state index in [1.807, 2.05) is 45.8 Å². The van der Waals surface area contributed by atoms with E-state index in [0.717, 1.165) is 89.3 Å². The molecule has 2 aromatic heterocycles. The summed E-state index contributed by atoms with van der Waals surface area (Å²) < 4.78 is 3.82. The predicted octanol–water partition coefficient (Wildman–Crippen LogP) is 13.6. The van der Waals surface area contributed by atoms with E-state index in [-0.39, 0.29) is 21.7 Å². The minimum Gasteiger partial charge on any atom is -0.507 e. The third kappa shape index (κ3) is 10.2. The molecule has 2 N–H and O–H groups in total. The van der Waals surface area contributed by atoms with E-state index in [0.29, 0.717) is 50.3 Å². The maximum atomic E-state index is 12.9. The standard InChI is InChI=1S/C62H70N6O2/c1-59(2,3)49-27-41-23-45-31-51(61(7,8)9)33-47(57(45)69)25-43-29-50(60(4,5)6)30-44(56(43)54-38-68(66-64-54)36-40-21-17-14-18-22-40)26-48-34-52(62(10,11)12)32-46(58(48)70)24-42(28-49)55(41)53-37-67(65-63-53)35-39-19-15-13-16-20-39/h13-22,27-34,37-38,69-70H,23-26,35-36H2,1-12H3. The molecule has 0 spiro atoms. The highest BCUT2D eigenvalue weighted by Crippen LogP contribution is 2.44. The predicted molar refractivity (Wildman–Crippen MR) is 284 cm³/mol. The Hall–Kier alpha value is -6.80. The molecule has 8 nitrogen and oxygen atoms in total. The first-order chi connectivity index (χ1) is 33.0. The number of nitrogens with zero attached hydrogens (tertiary/aromatic N) is 6. The Bertz CT molecular complexity index is 2890. The van der Waals surface area contributed by atoms with Gasteiger partial charge in [0.1, 0.15) is 22.9 Å².